The van der Waals surface area contributed by atoms with Crippen molar-refractivity contribution in [2.24, 2.45) is 4.99 Å². The lowest BCUT2D eigenvalue weighted by molar-refractivity contribution is -0.384. The second-order valence-corrected chi connectivity index (χ2v) is 6.69. The van der Waals surface area contributed by atoms with Gasteiger partial charge in [-0.15, -0.1) is 0 Å². The molecule has 0 unspecified atom stereocenters. The fourth-order valence-corrected chi connectivity index (χ4v) is 2.43. The second kappa shape index (κ2) is 15.3. The number of non-ortho nitro benzene ring substituents is 1. The molecule has 1 aromatic carbocycles. The Labute approximate surface area is 185 Å². The lowest BCUT2D eigenvalue weighted by Gasteiger charge is -2.15. The van der Waals surface area contributed by atoms with Crippen LogP contribution in [0.3, 0.4) is 0 Å². The smallest absolute Gasteiger partial charge is 0.300 e. The summed E-state index contributed by atoms with van der Waals surface area (Å²) in [4.78, 5) is 48.7. The van der Waals surface area contributed by atoms with Crippen molar-refractivity contribution in [1.29, 1.82) is 0 Å². The fourth-order valence-electron chi connectivity index (χ4n) is 1.88. The van der Waals surface area contributed by atoms with Gasteiger partial charge in [-0.2, -0.15) is 0 Å². The van der Waals surface area contributed by atoms with Gasteiger partial charge in [-0.1, -0.05) is 30.9 Å². The number of benzene rings is 1. The van der Waals surface area contributed by atoms with Crippen LogP contribution in [0, 0.1) is 10.1 Å². The number of carboxylic acids is 1. The van der Waals surface area contributed by atoms with E-state index in [1.54, 1.807) is 43.5 Å². The Balaban J connectivity index is 0.00000206. The summed E-state index contributed by atoms with van der Waals surface area (Å²) >= 11 is 0.791. The van der Waals surface area contributed by atoms with Gasteiger partial charge in [0.05, 0.1) is 22.1 Å². The summed E-state index contributed by atoms with van der Waals surface area (Å²) in [5.74, 6) is -1.11. The summed E-state index contributed by atoms with van der Waals surface area (Å²) in [5.41, 5.74) is 1.86. The highest BCUT2D eigenvalue weighted by molar-refractivity contribution is 8.16. The van der Waals surface area contributed by atoms with E-state index in [2.05, 4.69) is 11.6 Å². The maximum absolute atomic E-state index is 12.4. The summed E-state index contributed by atoms with van der Waals surface area (Å²) in [6.45, 7) is 7.30. The molecular weight excluding hydrogens is 422 g/mol. The standard InChI is InChI=1S/C19H21N3O4S.C2H4O2/c1-4-6-7-16(12-18(27-14-23)19(24)21(3)5-2)20-13-15-8-10-17(11-9-15)22(25)26;1-2(3)4/h4,6-12,14H,1,5,13H2,2-3H3;1H3,(H,3,4)/b7-6-,18-12-,20-16?;. The number of rotatable bonds is 10. The number of hydrogen-bond donors (Lipinski definition) is 1. The highest BCUT2D eigenvalue weighted by atomic mass is 32.2. The number of nitrogens with zero attached hydrogens (tertiary/aromatic N) is 3. The Bertz CT molecular complexity index is 872. The van der Waals surface area contributed by atoms with Gasteiger partial charge in [0.1, 0.15) is 0 Å². The Morgan fingerprint density at radius 3 is 2.35 bits per heavy atom. The van der Waals surface area contributed by atoms with Crippen molar-refractivity contribution in [2.75, 3.05) is 13.6 Å². The molecule has 1 aromatic rings. The first-order chi connectivity index (χ1) is 14.7. The molecule has 0 aliphatic rings. The van der Waals surface area contributed by atoms with E-state index in [0.717, 1.165) is 24.2 Å². The maximum atomic E-state index is 12.4. The number of aliphatic carboxylic acids is 1. The minimum Gasteiger partial charge on any atom is -0.481 e. The van der Waals surface area contributed by atoms with Crippen molar-refractivity contribution in [3.63, 3.8) is 0 Å². The van der Waals surface area contributed by atoms with Crippen LogP contribution in [0.15, 0.2) is 65.0 Å². The molecule has 0 aliphatic carbocycles. The van der Waals surface area contributed by atoms with Gasteiger partial charge in [-0.3, -0.25) is 29.5 Å². The summed E-state index contributed by atoms with van der Waals surface area (Å²) < 4.78 is 0. The predicted octanol–water partition coefficient (Wildman–Crippen LogP) is 3.65. The molecular formula is C21H25N3O6S. The van der Waals surface area contributed by atoms with Crippen LogP contribution in [0.1, 0.15) is 19.4 Å². The number of likely N-dealkylation sites (N-methyl/N-ethyl adjacent to an activating group) is 1. The number of aliphatic imine (C=N–C) groups is 1. The Hall–Kier alpha value is -3.53. The molecule has 0 bridgehead atoms. The molecule has 31 heavy (non-hydrogen) atoms. The highest BCUT2D eigenvalue weighted by Crippen LogP contribution is 2.17. The normalized spacial score (nSPS) is 11.3. The number of hydrogen-bond acceptors (Lipinski definition) is 7. The monoisotopic (exact) mass is 447 g/mol. The van der Waals surface area contributed by atoms with Gasteiger partial charge >= 0.3 is 0 Å². The number of amides is 1. The van der Waals surface area contributed by atoms with Crippen LogP contribution in [-0.4, -0.2) is 51.7 Å². The number of allylic oxidation sites excluding steroid dienone is 4. The molecule has 0 saturated heterocycles. The van der Waals surface area contributed by atoms with Crippen molar-refractivity contribution in [1.82, 2.24) is 4.90 Å². The van der Waals surface area contributed by atoms with Gasteiger partial charge in [0, 0.05) is 32.6 Å². The van der Waals surface area contributed by atoms with E-state index < -0.39 is 10.9 Å². The van der Waals surface area contributed by atoms with Crippen LogP contribution in [-0.2, 0) is 20.9 Å². The molecule has 0 spiro atoms. The van der Waals surface area contributed by atoms with Crippen molar-refractivity contribution in [2.45, 2.75) is 20.4 Å². The number of carboxylic acid groups (broad SMARTS) is 1. The third kappa shape index (κ3) is 11.9. The topological polar surface area (TPSA) is 130 Å². The molecule has 0 heterocycles. The minimum atomic E-state index is -0.833. The largest absolute Gasteiger partial charge is 0.481 e. The molecule has 0 aliphatic heterocycles. The predicted molar refractivity (Wildman–Crippen MR) is 123 cm³/mol. The van der Waals surface area contributed by atoms with Crippen molar-refractivity contribution >= 4 is 40.7 Å². The summed E-state index contributed by atoms with van der Waals surface area (Å²) in [6.07, 6.45) is 6.45. The van der Waals surface area contributed by atoms with Crippen LogP contribution in [0.5, 0.6) is 0 Å². The van der Waals surface area contributed by atoms with Crippen molar-refractivity contribution in [3.05, 3.63) is 75.7 Å². The van der Waals surface area contributed by atoms with E-state index >= 15 is 0 Å². The second-order valence-electron chi connectivity index (χ2n) is 5.82. The highest BCUT2D eigenvalue weighted by Gasteiger charge is 2.14. The minimum absolute atomic E-state index is 0.00673. The van der Waals surface area contributed by atoms with E-state index in [-0.39, 0.29) is 23.0 Å². The number of thioether (sulfide) groups is 1. The Morgan fingerprint density at radius 1 is 1.32 bits per heavy atom. The molecule has 1 N–H and O–H groups in total. The van der Waals surface area contributed by atoms with E-state index in [0.29, 0.717) is 17.9 Å². The SMILES string of the molecule is C=C/C=C\C(/C=C(\SC=O)C(=O)N(C)CC)=NCc1ccc([N+](=O)[O-])cc1.CC(=O)O. The van der Waals surface area contributed by atoms with Gasteiger partial charge in [0.25, 0.3) is 17.6 Å². The van der Waals surface area contributed by atoms with Crippen LogP contribution >= 0.6 is 11.8 Å². The average Bonchev–Trinajstić information content (AvgIpc) is 2.73. The summed E-state index contributed by atoms with van der Waals surface area (Å²) in [6, 6.07) is 6.06. The fraction of sp³-hybridized carbons (Fsp3) is 0.238. The van der Waals surface area contributed by atoms with E-state index in [4.69, 9.17) is 9.90 Å². The quantitative estimate of drug-likeness (QED) is 0.145. The molecule has 1 amide bonds. The molecule has 0 radical (unpaired) electrons. The maximum Gasteiger partial charge on any atom is 0.300 e. The van der Waals surface area contributed by atoms with Gasteiger partial charge in [0.15, 0.2) is 5.62 Å². The molecule has 10 heteroatoms. The molecule has 166 valence electrons. The van der Waals surface area contributed by atoms with E-state index in [1.165, 1.54) is 17.0 Å². The van der Waals surface area contributed by atoms with Crippen LogP contribution < -0.4 is 0 Å². The van der Waals surface area contributed by atoms with Crippen LogP contribution in [0.2, 0.25) is 0 Å². The van der Waals surface area contributed by atoms with Gasteiger partial charge in [-0.05, 0) is 36.4 Å². The first kappa shape index (κ1) is 27.5. The van der Waals surface area contributed by atoms with Gasteiger partial charge in [-0.25, -0.2) is 0 Å². The third-order valence-corrected chi connectivity index (χ3v) is 4.12. The Morgan fingerprint density at radius 2 is 1.90 bits per heavy atom. The summed E-state index contributed by atoms with van der Waals surface area (Å²) in [5, 5.41) is 18.1. The van der Waals surface area contributed by atoms with E-state index in [9.17, 15) is 19.7 Å². The molecule has 0 saturated carbocycles. The Kier molecular flexibility index (Phi) is 13.6. The van der Waals surface area contributed by atoms with Crippen molar-refractivity contribution < 1.29 is 24.4 Å². The number of nitro groups is 1. The van der Waals surface area contributed by atoms with Gasteiger partial charge in [0.2, 0.25) is 0 Å². The molecule has 0 fully saturated rings. The lowest BCUT2D eigenvalue weighted by atomic mass is 10.2. The number of carbonyl (C=O) groups excluding carboxylic acids is 2. The molecule has 9 nitrogen and oxygen atoms in total. The van der Waals surface area contributed by atoms with Gasteiger partial charge < -0.3 is 10.0 Å². The first-order valence-corrected chi connectivity index (χ1v) is 9.88. The van der Waals surface area contributed by atoms with Crippen molar-refractivity contribution in [3.8, 4) is 0 Å². The molecule has 0 aromatic heterocycles. The van der Waals surface area contributed by atoms with E-state index in [1.807, 2.05) is 6.92 Å². The summed E-state index contributed by atoms with van der Waals surface area (Å²) in [7, 11) is 1.65. The lowest BCUT2D eigenvalue weighted by Crippen LogP contribution is -2.27. The first-order valence-electron chi connectivity index (χ1n) is 9.00. The molecule has 0 atom stereocenters. The van der Waals surface area contributed by atoms with Crippen LogP contribution in [0.25, 0.3) is 0 Å². The zero-order valence-electron chi connectivity index (χ0n) is 17.6. The number of nitro benzene ring substituents is 1. The third-order valence-electron chi connectivity index (χ3n) is 3.48. The zero-order chi connectivity index (χ0) is 23.8. The average molecular weight is 448 g/mol. The number of carbonyl (C=O) groups is 3. The molecule has 1 rings (SSSR count). The zero-order valence-corrected chi connectivity index (χ0v) is 18.4. The van der Waals surface area contributed by atoms with Crippen LogP contribution in [0.4, 0.5) is 5.69 Å².